The topological polar surface area (TPSA) is 122 Å². The van der Waals surface area contributed by atoms with Crippen LogP contribution in [-0.4, -0.2) is 42.9 Å². The summed E-state index contributed by atoms with van der Waals surface area (Å²) in [4.78, 5) is 62.1. The van der Waals surface area contributed by atoms with Crippen LogP contribution >= 0.6 is 0 Å². The summed E-state index contributed by atoms with van der Waals surface area (Å²) in [7, 11) is 0. The molecule has 9 nitrogen and oxygen atoms in total. The number of ketones is 1. The van der Waals surface area contributed by atoms with E-state index in [4.69, 9.17) is 18.9 Å². The molecule has 0 amide bonds. The summed E-state index contributed by atoms with van der Waals surface area (Å²) in [5.74, 6) is -3.43. The smallest absolute Gasteiger partial charge is 0.321 e. The molecule has 0 N–H and O–H groups in total. The summed E-state index contributed by atoms with van der Waals surface area (Å²) in [6.45, 7) is 0.742. The quantitative estimate of drug-likeness (QED) is 0.0418. The van der Waals surface area contributed by atoms with E-state index in [2.05, 4.69) is 24.3 Å². The minimum absolute atomic E-state index is 0.0421. The van der Waals surface area contributed by atoms with E-state index < -0.39 is 47.5 Å². The molecule has 1 aliphatic carbocycles. The third-order valence-electron chi connectivity index (χ3n) is 10.5. The molecule has 0 saturated carbocycles. The molecule has 4 atom stereocenters. The van der Waals surface area contributed by atoms with Gasteiger partial charge in [-0.2, -0.15) is 0 Å². The van der Waals surface area contributed by atoms with E-state index in [-0.39, 0.29) is 18.6 Å². The third-order valence-corrected chi connectivity index (χ3v) is 10.5. The highest BCUT2D eigenvalue weighted by Gasteiger charge is 2.53. The lowest BCUT2D eigenvalue weighted by Crippen LogP contribution is -2.31. The van der Waals surface area contributed by atoms with Gasteiger partial charge in [0.1, 0.15) is 24.7 Å². The second kappa shape index (κ2) is 15.4. The van der Waals surface area contributed by atoms with Gasteiger partial charge in [-0.1, -0.05) is 103 Å². The fraction of sp³-hybridized carbons (Fsp3) is 0.196. The number of carbonyl (C=O) groups is 5. The first-order chi connectivity index (χ1) is 26.8. The first-order valence-electron chi connectivity index (χ1n) is 18.2. The second-order valence-corrected chi connectivity index (χ2v) is 14.0. The van der Waals surface area contributed by atoms with Gasteiger partial charge < -0.3 is 18.9 Å². The Labute approximate surface area is 317 Å². The summed E-state index contributed by atoms with van der Waals surface area (Å²) >= 11 is 0. The SMILES string of the molecule is O=C1CC(C2CC3C(=O)OC(=O)C3c3cc(Cc4ccc(-c5ccc(OCCOc6ccc(/C=C/C(=O)c7ccccc7)cc6)cc5)cc4)ccc32)C(=O)O1. The monoisotopic (exact) mass is 732 g/mol. The number of cyclic esters (lactones) is 4. The van der Waals surface area contributed by atoms with Crippen molar-refractivity contribution in [1.82, 2.24) is 0 Å². The van der Waals surface area contributed by atoms with E-state index in [1.54, 1.807) is 24.3 Å². The van der Waals surface area contributed by atoms with Crippen LogP contribution in [0.1, 0.15) is 62.9 Å². The average molecular weight is 733 g/mol. The Morgan fingerprint density at radius 1 is 0.618 bits per heavy atom. The van der Waals surface area contributed by atoms with Crippen molar-refractivity contribution < 1.29 is 42.9 Å². The van der Waals surface area contributed by atoms with Gasteiger partial charge in [0.2, 0.25) is 0 Å². The maximum Gasteiger partial charge on any atom is 0.321 e. The number of rotatable bonds is 12. The van der Waals surface area contributed by atoms with E-state index >= 15 is 0 Å². The van der Waals surface area contributed by atoms with Crippen molar-refractivity contribution in [2.45, 2.75) is 31.1 Å². The van der Waals surface area contributed by atoms with Crippen molar-refractivity contribution in [3.05, 3.63) is 161 Å². The van der Waals surface area contributed by atoms with E-state index in [1.807, 2.05) is 84.9 Å². The Kier molecular flexibility index (Phi) is 9.92. The Morgan fingerprint density at radius 2 is 1.24 bits per heavy atom. The highest BCUT2D eigenvalue weighted by molar-refractivity contribution is 6.06. The average Bonchev–Trinajstić information content (AvgIpc) is 3.71. The van der Waals surface area contributed by atoms with Gasteiger partial charge in [-0.05, 0) is 88.0 Å². The highest BCUT2D eigenvalue weighted by Crippen LogP contribution is 2.51. The Morgan fingerprint density at radius 3 is 1.89 bits per heavy atom. The molecular formula is C46H36O9. The molecular weight excluding hydrogens is 696 g/mol. The number of hydrogen-bond acceptors (Lipinski definition) is 9. The molecule has 2 saturated heterocycles. The lowest BCUT2D eigenvalue weighted by molar-refractivity contribution is -0.155. The summed E-state index contributed by atoms with van der Waals surface area (Å²) < 4.78 is 21.6. The molecule has 2 fully saturated rings. The van der Waals surface area contributed by atoms with Crippen LogP contribution in [0, 0.1) is 11.8 Å². The molecule has 8 rings (SSSR count). The zero-order valence-electron chi connectivity index (χ0n) is 29.7. The van der Waals surface area contributed by atoms with Crippen LogP contribution in [-0.2, 0) is 35.1 Å². The molecule has 4 unspecified atom stereocenters. The van der Waals surface area contributed by atoms with E-state index in [9.17, 15) is 24.0 Å². The molecule has 0 radical (unpaired) electrons. The number of allylic oxidation sites excluding steroid dienone is 1. The molecule has 3 aliphatic rings. The fourth-order valence-electron chi connectivity index (χ4n) is 7.70. The standard InChI is InChI=1S/C46H36O9/c47-41(33-4-2-1-3-5-33)21-11-28-8-16-34(17-9-28)52-22-23-53-35-18-14-32(15-19-35)31-12-6-29(7-13-31)24-30-10-20-36-37(39-27-42(48)54-44(39)49)26-40-43(38(36)25-30)46(51)55-45(40)50/h1-21,25,37,39-40,43H,22-24,26-27H2/b21-11+. The molecule has 0 aromatic heterocycles. The molecule has 5 aromatic carbocycles. The van der Waals surface area contributed by atoms with E-state index in [1.165, 1.54) is 0 Å². The van der Waals surface area contributed by atoms with Crippen molar-refractivity contribution in [2.75, 3.05) is 13.2 Å². The number of esters is 4. The minimum atomic E-state index is -0.723. The largest absolute Gasteiger partial charge is 0.490 e. The minimum Gasteiger partial charge on any atom is -0.490 e. The summed E-state index contributed by atoms with van der Waals surface area (Å²) in [5, 5.41) is 0. The first-order valence-corrected chi connectivity index (χ1v) is 18.2. The van der Waals surface area contributed by atoms with Crippen molar-refractivity contribution >= 4 is 35.7 Å². The van der Waals surface area contributed by atoms with Crippen molar-refractivity contribution in [1.29, 1.82) is 0 Å². The van der Waals surface area contributed by atoms with Crippen LogP contribution in [0.3, 0.4) is 0 Å². The Hall–Kier alpha value is -6.61. The molecule has 2 aliphatic heterocycles. The Balaban J connectivity index is 0.846. The van der Waals surface area contributed by atoms with Crippen LogP contribution in [0.15, 0.2) is 127 Å². The van der Waals surface area contributed by atoms with E-state index in [0.717, 1.165) is 39.1 Å². The first kappa shape index (κ1) is 35.4. The van der Waals surface area contributed by atoms with Gasteiger partial charge in [0.05, 0.1) is 24.2 Å². The van der Waals surface area contributed by atoms with Crippen LogP contribution in [0.25, 0.3) is 17.2 Å². The predicted molar refractivity (Wildman–Crippen MR) is 202 cm³/mol. The van der Waals surface area contributed by atoms with Crippen molar-refractivity contribution in [3.8, 4) is 22.6 Å². The zero-order valence-corrected chi connectivity index (χ0v) is 29.7. The molecule has 55 heavy (non-hydrogen) atoms. The molecule has 274 valence electrons. The highest BCUT2D eigenvalue weighted by atomic mass is 16.6. The van der Waals surface area contributed by atoms with Gasteiger partial charge in [0.15, 0.2) is 5.78 Å². The lowest BCUT2D eigenvalue weighted by atomic mass is 9.66. The second-order valence-electron chi connectivity index (χ2n) is 14.0. The Bertz CT molecular complexity index is 2290. The molecule has 2 heterocycles. The van der Waals surface area contributed by atoms with Crippen LogP contribution in [0.2, 0.25) is 0 Å². The number of ether oxygens (including phenoxy) is 4. The maximum atomic E-state index is 12.8. The van der Waals surface area contributed by atoms with Gasteiger partial charge in [0.25, 0.3) is 0 Å². The molecule has 0 spiro atoms. The van der Waals surface area contributed by atoms with Crippen LogP contribution in [0.4, 0.5) is 0 Å². The molecule has 5 aromatic rings. The maximum absolute atomic E-state index is 12.8. The number of benzene rings is 5. The predicted octanol–water partition coefficient (Wildman–Crippen LogP) is 7.66. The third kappa shape index (κ3) is 7.73. The van der Waals surface area contributed by atoms with E-state index in [0.29, 0.717) is 36.5 Å². The van der Waals surface area contributed by atoms with Crippen LogP contribution in [0.5, 0.6) is 11.5 Å². The normalized spacial score (nSPS) is 20.1. The van der Waals surface area contributed by atoms with Gasteiger partial charge >= 0.3 is 23.9 Å². The number of hydrogen-bond donors (Lipinski definition) is 0. The van der Waals surface area contributed by atoms with Gasteiger partial charge in [-0.25, -0.2) is 0 Å². The van der Waals surface area contributed by atoms with Crippen molar-refractivity contribution in [2.24, 2.45) is 11.8 Å². The number of fused-ring (bicyclic) bond motifs is 3. The van der Waals surface area contributed by atoms with Gasteiger partial charge in [-0.3, -0.25) is 24.0 Å². The van der Waals surface area contributed by atoms with Crippen LogP contribution < -0.4 is 9.47 Å². The fourth-order valence-corrected chi connectivity index (χ4v) is 7.70. The molecule has 0 bridgehead atoms. The lowest BCUT2D eigenvalue weighted by Gasteiger charge is -2.33. The zero-order chi connectivity index (χ0) is 37.9. The van der Waals surface area contributed by atoms with Gasteiger partial charge in [-0.15, -0.1) is 0 Å². The summed E-state index contributed by atoms with van der Waals surface area (Å²) in [5.41, 5.74) is 7.12. The van der Waals surface area contributed by atoms with Gasteiger partial charge in [0, 0.05) is 5.56 Å². The molecule has 9 heteroatoms. The summed E-state index contributed by atoms with van der Waals surface area (Å²) in [6.07, 6.45) is 4.16. The van der Waals surface area contributed by atoms with Crippen molar-refractivity contribution in [3.63, 3.8) is 0 Å². The summed E-state index contributed by atoms with van der Waals surface area (Å²) in [6, 6.07) is 38.6. The number of carbonyl (C=O) groups excluding carboxylic acids is 5.